The van der Waals surface area contributed by atoms with Crippen molar-refractivity contribution in [1.82, 2.24) is 14.7 Å². The fourth-order valence-electron chi connectivity index (χ4n) is 1.99. The third kappa shape index (κ3) is 5.65. The molecule has 1 atom stereocenters. The number of halogens is 1. The smallest absolute Gasteiger partial charge is 0.287 e. The topological polar surface area (TPSA) is 70.4 Å². The second-order valence-electron chi connectivity index (χ2n) is 5.86. The van der Waals surface area contributed by atoms with Gasteiger partial charge in [-0.2, -0.15) is 5.10 Å². The fraction of sp³-hybridized carbons (Fsp3) is 0.714. The summed E-state index contributed by atoms with van der Waals surface area (Å²) >= 11 is 6.12. The lowest BCUT2D eigenvalue weighted by Crippen LogP contribution is -2.31. The van der Waals surface area contributed by atoms with Crippen molar-refractivity contribution in [2.24, 2.45) is 5.92 Å². The van der Waals surface area contributed by atoms with Crippen LogP contribution < -0.4 is 10.9 Å². The predicted octanol–water partition coefficient (Wildman–Crippen LogP) is 1.28. The number of nitrogens with zero attached hydrogens (tertiary/aromatic N) is 3. The largest absolute Gasteiger partial charge is 0.394 e. The number of nitrogens with one attached hydrogen (secondary N) is 1. The van der Waals surface area contributed by atoms with Gasteiger partial charge in [0.25, 0.3) is 5.56 Å². The first kappa shape index (κ1) is 17.9. The van der Waals surface area contributed by atoms with Gasteiger partial charge in [0.05, 0.1) is 25.0 Å². The molecule has 1 heterocycles. The van der Waals surface area contributed by atoms with Crippen LogP contribution in [-0.2, 0) is 6.54 Å². The van der Waals surface area contributed by atoms with Gasteiger partial charge < -0.3 is 15.3 Å². The number of likely N-dealkylation sites (N-methyl/N-ethyl adjacent to an activating group) is 1. The van der Waals surface area contributed by atoms with Crippen LogP contribution in [0, 0.1) is 5.92 Å². The van der Waals surface area contributed by atoms with Crippen LogP contribution in [0.25, 0.3) is 0 Å². The van der Waals surface area contributed by atoms with E-state index in [9.17, 15) is 9.90 Å². The minimum atomic E-state index is -0.315. The molecule has 0 aliphatic carbocycles. The predicted molar refractivity (Wildman–Crippen MR) is 86.0 cm³/mol. The molecular weight excluding hydrogens is 292 g/mol. The molecule has 7 heteroatoms. The second kappa shape index (κ2) is 8.36. The summed E-state index contributed by atoms with van der Waals surface area (Å²) < 4.78 is 1.35. The lowest BCUT2D eigenvalue weighted by Gasteiger charge is -2.20. The lowest BCUT2D eigenvalue weighted by molar-refractivity contribution is 0.259. The van der Waals surface area contributed by atoms with Crippen LogP contribution in [0.4, 0.5) is 5.69 Å². The Morgan fingerprint density at radius 3 is 2.67 bits per heavy atom. The third-order valence-corrected chi connectivity index (χ3v) is 3.45. The molecule has 0 radical (unpaired) electrons. The van der Waals surface area contributed by atoms with Crippen molar-refractivity contribution in [2.45, 2.75) is 32.9 Å². The Labute approximate surface area is 130 Å². The zero-order valence-electron chi connectivity index (χ0n) is 13.1. The molecule has 6 nitrogen and oxygen atoms in total. The lowest BCUT2D eigenvalue weighted by atomic mass is 10.0. The molecule has 0 amide bonds. The molecule has 0 saturated heterocycles. The summed E-state index contributed by atoms with van der Waals surface area (Å²) in [5.41, 5.74) is 0.159. The molecule has 120 valence electrons. The zero-order valence-corrected chi connectivity index (χ0v) is 13.9. The van der Waals surface area contributed by atoms with Crippen LogP contribution in [0.5, 0.6) is 0 Å². The Morgan fingerprint density at radius 2 is 2.14 bits per heavy atom. The molecule has 1 unspecified atom stereocenters. The van der Waals surface area contributed by atoms with Gasteiger partial charge in [0.2, 0.25) is 0 Å². The first-order valence-electron chi connectivity index (χ1n) is 7.12. The summed E-state index contributed by atoms with van der Waals surface area (Å²) in [6.45, 7) is 5.33. The Kier molecular flexibility index (Phi) is 7.14. The number of hydrogen-bond donors (Lipinski definition) is 2. The van der Waals surface area contributed by atoms with Crippen molar-refractivity contribution in [3.63, 3.8) is 0 Å². The van der Waals surface area contributed by atoms with Crippen LogP contribution in [0.3, 0.4) is 0 Å². The standard InChI is InChI=1S/C14H25ClN4O2/c1-10(2)7-11(9-20)17-12-8-16-19(6-5-18(3)4)14(21)13(12)15/h8,10-11,17,20H,5-7,9H2,1-4H3. The van der Waals surface area contributed by atoms with Gasteiger partial charge in [0, 0.05) is 12.6 Å². The van der Waals surface area contributed by atoms with Gasteiger partial charge in [-0.15, -0.1) is 0 Å². The molecule has 0 saturated carbocycles. The molecule has 1 aromatic heterocycles. The number of aliphatic hydroxyl groups is 1. The van der Waals surface area contributed by atoms with Gasteiger partial charge in [0.15, 0.2) is 0 Å². The van der Waals surface area contributed by atoms with Crippen LogP contribution in [-0.4, -0.2) is 53.1 Å². The number of aliphatic hydroxyl groups excluding tert-OH is 1. The summed E-state index contributed by atoms with van der Waals surface area (Å²) in [6.07, 6.45) is 2.33. The van der Waals surface area contributed by atoms with E-state index in [1.54, 1.807) is 6.20 Å². The number of rotatable bonds is 8. The number of aromatic nitrogens is 2. The highest BCUT2D eigenvalue weighted by Crippen LogP contribution is 2.18. The van der Waals surface area contributed by atoms with Gasteiger partial charge in [-0.25, -0.2) is 4.68 Å². The molecule has 1 aromatic rings. The van der Waals surface area contributed by atoms with Crippen molar-refractivity contribution in [3.8, 4) is 0 Å². The van der Waals surface area contributed by atoms with Crippen LogP contribution in [0.1, 0.15) is 20.3 Å². The van der Waals surface area contributed by atoms with E-state index in [-0.39, 0.29) is 23.2 Å². The van der Waals surface area contributed by atoms with Crippen LogP contribution >= 0.6 is 11.6 Å². The first-order chi connectivity index (χ1) is 9.85. The van der Waals surface area contributed by atoms with Gasteiger partial charge >= 0.3 is 0 Å². The Hall–Kier alpha value is -1.11. The monoisotopic (exact) mass is 316 g/mol. The van der Waals surface area contributed by atoms with E-state index < -0.39 is 0 Å². The maximum atomic E-state index is 12.1. The molecule has 2 N–H and O–H groups in total. The van der Waals surface area contributed by atoms with Crippen molar-refractivity contribution in [2.75, 3.05) is 32.6 Å². The van der Waals surface area contributed by atoms with Gasteiger partial charge in [-0.1, -0.05) is 25.4 Å². The fourth-order valence-corrected chi connectivity index (χ4v) is 2.19. The molecule has 21 heavy (non-hydrogen) atoms. The van der Waals surface area contributed by atoms with E-state index in [1.807, 2.05) is 19.0 Å². The molecule has 0 bridgehead atoms. The van der Waals surface area contributed by atoms with Crippen LogP contribution in [0.2, 0.25) is 5.02 Å². The highest BCUT2D eigenvalue weighted by molar-refractivity contribution is 6.32. The quantitative estimate of drug-likeness (QED) is 0.756. The van der Waals surface area contributed by atoms with E-state index in [0.29, 0.717) is 24.7 Å². The van der Waals surface area contributed by atoms with Crippen molar-refractivity contribution in [3.05, 3.63) is 21.6 Å². The van der Waals surface area contributed by atoms with Crippen molar-refractivity contribution < 1.29 is 5.11 Å². The van der Waals surface area contributed by atoms with Gasteiger partial charge in [0.1, 0.15) is 5.02 Å². The van der Waals surface area contributed by atoms with Crippen LogP contribution in [0.15, 0.2) is 11.0 Å². The molecule has 1 rings (SSSR count). The average Bonchev–Trinajstić information content (AvgIpc) is 2.41. The Bertz CT molecular complexity index is 502. The summed E-state index contributed by atoms with van der Waals surface area (Å²) in [6, 6.07) is -0.138. The molecule has 0 spiro atoms. The maximum absolute atomic E-state index is 12.1. The summed E-state index contributed by atoms with van der Waals surface area (Å²) in [4.78, 5) is 14.1. The minimum Gasteiger partial charge on any atom is -0.394 e. The molecule has 0 aromatic carbocycles. The minimum absolute atomic E-state index is 0.0157. The normalized spacial score (nSPS) is 13.0. The zero-order chi connectivity index (χ0) is 16.0. The SMILES string of the molecule is CC(C)CC(CO)Nc1cnn(CCN(C)C)c(=O)c1Cl. The van der Waals surface area contributed by atoms with E-state index in [0.717, 1.165) is 6.42 Å². The highest BCUT2D eigenvalue weighted by atomic mass is 35.5. The summed E-state index contributed by atoms with van der Waals surface area (Å²) in [5.74, 6) is 0.432. The van der Waals surface area contributed by atoms with Crippen molar-refractivity contribution in [1.29, 1.82) is 0 Å². The van der Waals surface area contributed by atoms with E-state index in [4.69, 9.17) is 11.6 Å². The Morgan fingerprint density at radius 1 is 1.48 bits per heavy atom. The van der Waals surface area contributed by atoms with E-state index >= 15 is 0 Å². The average molecular weight is 317 g/mol. The summed E-state index contributed by atoms with van der Waals surface area (Å²) in [7, 11) is 3.86. The second-order valence-corrected chi connectivity index (χ2v) is 6.24. The number of anilines is 1. The summed E-state index contributed by atoms with van der Waals surface area (Å²) in [5, 5.41) is 16.7. The highest BCUT2D eigenvalue weighted by Gasteiger charge is 2.14. The number of hydrogen-bond acceptors (Lipinski definition) is 5. The van der Waals surface area contributed by atoms with Gasteiger partial charge in [-0.05, 0) is 26.4 Å². The first-order valence-corrected chi connectivity index (χ1v) is 7.50. The van der Waals surface area contributed by atoms with E-state index in [2.05, 4.69) is 24.3 Å². The van der Waals surface area contributed by atoms with Gasteiger partial charge in [-0.3, -0.25) is 4.79 Å². The third-order valence-electron chi connectivity index (χ3n) is 3.08. The van der Waals surface area contributed by atoms with E-state index in [1.165, 1.54) is 4.68 Å². The Balaban J connectivity index is 2.85. The molecule has 0 aliphatic rings. The molecular formula is C14H25ClN4O2. The van der Waals surface area contributed by atoms with Crippen molar-refractivity contribution >= 4 is 17.3 Å². The molecule has 0 aliphatic heterocycles. The maximum Gasteiger partial charge on any atom is 0.287 e. The molecule has 0 fully saturated rings.